The second-order valence-corrected chi connectivity index (χ2v) is 4.22. The van der Waals surface area contributed by atoms with E-state index >= 15 is 0 Å². The van der Waals surface area contributed by atoms with Gasteiger partial charge in [0.25, 0.3) is 0 Å². The zero-order valence-corrected chi connectivity index (χ0v) is 10.8. The Hall–Kier alpha value is -1.49. The van der Waals surface area contributed by atoms with Crippen molar-refractivity contribution in [2.45, 2.75) is 12.4 Å². The highest BCUT2D eigenvalue weighted by Gasteiger charge is 2.27. The minimum Gasteiger partial charge on any atom is -0.464 e. The van der Waals surface area contributed by atoms with Crippen molar-refractivity contribution in [2.75, 3.05) is 29.6 Å². The lowest BCUT2D eigenvalue weighted by atomic mass is 10.7. The predicted octanol–water partition coefficient (Wildman–Crippen LogP) is 1.22. The van der Waals surface area contributed by atoms with Gasteiger partial charge < -0.3 is 10.1 Å². The first-order chi connectivity index (χ1) is 8.94. The van der Waals surface area contributed by atoms with Crippen LogP contribution in [-0.2, 0) is 0 Å². The summed E-state index contributed by atoms with van der Waals surface area (Å²) < 4.78 is 40.8. The monoisotopic (exact) mass is 298 g/mol. The van der Waals surface area contributed by atoms with E-state index in [1.807, 2.05) is 0 Å². The summed E-state index contributed by atoms with van der Waals surface area (Å²) in [5.74, 6) is 5.15. The summed E-state index contributed by atoms with van der Waals surface area (Å²) in [5, 5.41) is 2.63. The number of halogens is 3. The quantitative estimate of drug-likeness (QED) is 0.393. The van der Waals surface area contributed by atoms with Crippen LogP contribution < -0.4 is 21.3 Å². The molecule has 0 bridgehead atoms. The molecule has 0 aliphatic rings. The zero-order chi connectivity index (χ0) is 14.3. The van der Waals surface area contributed by atoms with Gasteiger partial charge in [0.1, 0.15) is 0 Å². The molecule has 0 unspecified atom stereocenters. The van der Waals surface area contributed by atoms with Crippen molar-refractivity contribution in [1.82, 2.24) is 15.0 Å². The van der Waals surface area contributed by atoms with Gasteiger partial charge in [0, 0.05) is 12.3 Å². The number of hydrogen-bond donors (Lipinski definition) is 3. The molecule has 1 rings (SSSR count). The molecule has 19 heavy (non-hydrogen) atoms. The van der Waals surface area contributed by atoms with E-state index in [2.05, 4.69) is 25.7 Å². The molecule has 4 N–H and O–H groups in total. The number of hydrazine groups is 1. The number of ether oxygens (including phenoxy) is 1. The molecule has 0 amide bonds. The van der Waals surface area contributed by atoms with E-state index in [9.17, 15) is 13.2 Å². The highest BCUT2D eigenvalue weighted by molar-refractivity contribution is 8.00. The van der Waals surface area contributed by atoms with E-state index in [4.69, 9.17) is 10.6 Å². The van der Waals surface area contributed by atoms with Gasteiger partial charge in [-0.25, -0.2) is 5.84 Å². The number of nitrogens with one attached hydrogen (secondary N) is 2. The lowest BCUT2D eigenvalue weighted by Gasteiger charge is -2.09. The van der Waals surface area contributed by atoms with Gasteiger partial charge in [0.05, 0.1) is 6.61 Å². The average molecular weight is 298 g/mol. The predicted molar refractivity (Wildman–Crippen MR) is 65.8 cm³/mol. The normalized spacial score (nSPS) is 11.2. The maximum atomic E-state index is 11.9. The molecular weight excluding hydrogens is 285 g/mol. The van der Waals surface area contributed by atoms with Gasteiger partial charge in [-0.05, 0) is 18.7 Å². The zero-order valence-electron chi connectivity index (χ0n) is 9.99. The Balaban J connectivity index is 2.54. The van der Waals surface area contributed by atoms with E-state index < -0.39 is 5.51 Å². The minimum absolute atomic E-state index is 0.0384. The summed E-state index contributed by atoms with van der Waals surface area (Å²) in [4.78, 5) is 11.5. The Kier molecular flexibility index (Phi) is 5.89. The van der Waals surface area contributed by atoms with Gasteiger partial charge in [0.15, 0.2) is 0 Å². The second-order valence-electron chi connectivity index (χ2n) is 3.06. The van der Waals surface area contributed by atoms with E-state index in [0.717, 1.165) is 0 Å². The van der Waals surface area contributed by atoms with Crippen LogP contribution >= 0.6 is 11.8 Å². The van der Waals surface area contributed by atoms with Crippen molar-refractivity contribution in [2.24, 2.45) is 5.84 Å². The van der Waals surface area contributed by atoms with Crippen LogP contribution in [0.3, 0.4) is 0 Å². The molecule has 0 aliphatic heterocycles. The number of thioether (sulfide) groups is 1. The van der Waals surface area contributed by atoms with Crippen LogP contribution in [0.15, 0.2) is 0 Å². The molecule has 0 spiro atoms. The summed E-state index contributed by atoms with van der Waals surface area (Å²) in [6, 6.07) is 0.0384. The molecule has 0 radical (unpaired) electrons. The van der Waals surface area contributed by atoms with E-state index in [1.54, 1.807) is 6.92 Å². The topological polar surface area (TPSA) is 98.0 Å². The fourth-order valence-electron chi connectivity index (χ4n) is 1.02. The van der Waals surface area contributed by atoms with Crippen LogP contribution in [0.1, 0.15) is 6.92 Å². The molecule has 7 nitrogen and oxygen atoms in total. The van der Waals surface area contributed by atoms with Crippen LogP contribution in [0.5, 0.6) is 6.01 Å². The van der Waals surface area contributed by atoms with Gasteiger partial charge in [0.2, 0.25) is 11.9 Å². The number of nitrogens with two attached hydrogens (primary N) is 1. The Morgan fingerprint density at radius 1 is 1.26 bits per heavy atom. The van der Waals surface area contributed by atoms with Gasteiger partial charge in [-0.3, -0.25) is 5.43 Å². The Labute approximate surface area is 111 Å². The number of alkyl halides is 3. The number of rotatable bonds is 7. The Bertz CT molecular complexity index is 405. The van der Waals surface area contributed by atoms with Crippen molar-refractivity contribution in [1.29, 1.82) is 0 Å². The first-order valence-corrected chi connectivity index (χ1v) is 6.23. The molecule has 108 valence electrons. The molecule has 0 saturated heterocycles. The molecule has 0 aliphatic carbocycles. The van der Waals surface area contributed by atoms with Gasteiger partial charge >= 0.3 is 11.5 Å². The summed E-state index contributed by atoms with van der Waals surface area (Å²) in [6.07, 6.45) is 0. The van der Waals surface area contributed by atoms with Crippen molar-refractivity contribution in [3.8, 4) is 6.01 Å². The highest BCUT2D eigenvalue weighted by atomic mass is 32.2. The third-order valence-electron chi connectivity index (χ3n) is 1.67. The lowest BCUT2D eigenvalue weighted by Crippen LogP contribution is -2.16. The third-order valence-corrected chi connectivity index (χ3v) is 2.40. The molecule has 11 heteroatoms. The maximum Gasteiger partial charge on any atom is 0.441 e. The lowest BCUT2D eigenvalue weighted by molar-refractivity contribution is -0.0327. The van der Waals surface area contributed by atoms with E-state index in [0.29, 0.717) is 6.61 Å². The smallest absolute Gasteiger partial charge is 0.441 e. The molecule has 0 atom stereocenters. The summed E-state index contributed by atoms with van der Waals surface area (Å²) in [5.41, 5.74) is -2.04. The van der Waals surface area contributed by atoms with Gasteiger partial charge in [-0.2, -0.15) is 28.1 Å². The Morgan fingerprint density at radius 3 is 2.53 bits per heavy atom. The van der Waals surface area contributed by atoms with Crippen LogP contribution in [0.2, 0.25) is 0 Å². The number of hydrogen-bond acceptors (Lipinski definition) is 8. The summed E-state index contributed by atoms with van der Waals surface area (Å²) >= 11 is -0.128. The molecular formula is C8H13F3N6OS. The van der Waals surface area contributed by atoms with Gasteiger partial charge in [-0.15, -0.1) is 0 Å². The van der Waals surface area contributed by atoms with Crippen molar-refractivity contribution < 1.29 is 17.9 Å². The highest BCUT2D eigenvalue weighted by Crippen LogP contribution is 2.29. The molecule has 0 aromatic carbocycles. The fourth-order valence-corrected chi connectivity index (χ4v) is 1.46. The number of nitrogens with zero attached hydrogens (tertiary/aromatic N) is 3. The maximum absolute atomic E-state index is 11.9. The van der Waals surface area contributed by atoms with E-state index in [-0.39, 0.29) is 42.0 Å². The van der Waals surface area contributed by atoms with E-state index in [1.165, 1.54) is 0 Å². The third kappa shape index (κ3) is 6.29. The Morgan fingerprint density at radius 2 is 1.95 bits per heavy atom. The van der Waals surface area contributed by atoms with Crippen molar-refractivity contribution >= 4 is 23.7 Å². The fraction of sp³-hybridized carbons (Fsp3) is 0.625. The number of aromatic nitrogens is 3. The first-order valence-electron chi connectivity index (χ1n) is 5.24. The molecule has 1 heterocycles. The second kappa shape index (κ2) is 7.19. The molecule has 1 aromatic rings. The molecule has 1 aromatic heterocycles. The number of anilines is 2. The molecule has 0 fully saturated rings. The summed E-state index contributed by atoms with van der Waals surface area (Å²) in [7, 11) is 0. The minimum atomic E-state index is -4.25. The first kappa shape index (κ1) is 15.6. The van der Waals surface area contributed by atoms with Crippen LogP contribution in [0, 0.1) is 0 Å². The van der Waals surface area contributed by atoms with Crippen molar-refractivity contribution in [3.63, 3.8) is 0 Å². The van der Waals surface area contributed by atoms with Crippen LogP contribution in [-0.4, -0.2) is 39.4 Å². The molecule has 0 saturated carbocycles. The summed E-state index contributed by atoms with van der Waals surface area (Å²) in [6.45, 7) is 2.13. The standard InChI is InChI=1S/C8H13F3N6OS/c1-2-18-7-15-5(14-6(16-7)17-12)13-3-4-19-8(9,10)11/h2-4,12H2,1H3,(H2,13,14,15,16,17). The SMILES string of the molecule is CCOc1nc(NN)nc(NCCSC(F)(F)F)n1. The average Bonchev–Trinajstić information content (AvgIpc) is 2.34. The van der Waals surface area contributed by atoms with Crippen LogP contribution in [0.4, 0.5) is 25.1 Å². The van der Waals surface area contributed by atoms with Crippen LogP contribution in [0.25, 0.3) is 0 Å². The van der Waals surface area contributed by atoms with Gasteiger partial charge in [-0.1, -0.05) is 0 Å². The largest absolute Gasteiger partial charge is 0.464 e. The van der Waals surface area contributed by atoms with Crippen molar-refractivity contribution in [3.05, 3.63) is 0 Å². The number of nitrogen functional groups attached to an aromatic ring is 1.